The van der Waals surface area contributed by atoms with E-state index in [1.54, 1.807) is 0 Å². The Morgan fingerprint density at radius 3 is 3.00 bits per heavy atom. The molecule has 0 spiro atoms. The lowest BCUT2D eigenvalue weighted by Gasteiger charge is -2.04. The molecule has 9 heavy (non-hydrogen) atoms. The van der Waals surface area contributed by atoms with Crippen LogP contribution in [-0.2, 0) is 4.79 Å². The fraction of sp³-hybridized carbons (Fsp3) is 0.800. The molecule has 1 aliphatic rings. The van der Waals surface area contributed by atoms with Crippen LogP contribution in [0.5, 0.6) is 0 Å². The Morgan fingerprint density at radius 1 is 1.78 bits per heavy atom. The highest BCUT2D eigenvalue weighted by atomic mass is 35.5. The lowest BCUT2D eigenvalue weighted by atomic mass is 10.2. The molecule has 0 aromatic heterocycles. The monoisotopic (exact) mass is 148 g/mol. The van der Waals surface area contributed by atoms with Crippen LogP contribution in [0, 0.1) is 0 Å². The first-order chi connectivity index (χ1) is 4.34. The van der Waals surface area contributed by atoms with Crippen molar-refractivity contribution in [3.8, 4) is 0 Å². The van der Waals surface area contributed by atoms with E-state index in [2.05, 4.69) is 10.2 Å². The van der Waals surface area contributed by atoms with Crippen LogP contribution < -0.4 is 10.2 Å². The van der Waals surface area contributed by atoms with E-state index in [9.17, 15) is 4.79 Å². The summed E-state index contributed by atoms with van der Waals surface area (Å²) >= 11 is 5.09. The van der Waals surface area contributed by atoms with E-state index in [0.29, 0.717) is 0 Å². The summed E-state index contributed by atoms with van der Waals surface area (Å²) in [6.45, 7) is 0.926. The van der Waals surface area contributed by atoms with Gasteiger partial charge in [0.25, 0.3) is 5.91 Å². The van der Waals surface area contributed by atoms with Gasteiger partial charge in [0.1, 0.15) is 0 Å². The number of carbonyl (C=O) groups excluding carboxylic acids is 1. The quantitative estimate of drug-likeness (QED) is 0.515. The van der Waals surface area contributed by atoms with Crippen molar-refractivity contribution in [1.82, 2.24) is 10.2 Å². The smallest absolute Gasteiger partial charge is 0.251 e. The van der Waals surface area contributed by atoms with Gasteiger partial charge in [0.2, 0.25) is 0 Å². The summed E-state index contributed by atoms with van der Waals surface area (Å²) in [6.07, 6.45) is 1.97. The fourth-order valence-corrected chi connectivity index (χ4v) is 1.11. The first-order valence-corrected chi connectivity index (χ1v) is 3.36. The van der Waals surface area contributed by atoms with E-state index in [-0.39, 0.29) is 11.9 Å². The first kappa shape index (κ1) is 6.83. The highest BCUT2D eigenvalue weighted by Gasteiger charge is 2.20. The SMILES string of the molecule is O=C(NCl)[C@@H]1CCCN1. The largest absolute Gasteiger partial charge is 0.306 e. The summed E-state index contributed by atoms with van der Waals surface area (Å²) in [5, 5.41) is 3.01. The van der Waals surface area contributed by atoms with Gasteiger partial charge in [0, 0.05) is 11.8 Å². The standard InChI is InChI=1S/C5H9ClN2O/c6-8-5(9)4-2-1-3-7-4/h4,7H,1-3H2,(H,8,9)/t4-/m0/s1. The number of carbonyl (C=O) groups is 1. The zero-order valence-corrected chi connectivity index (χ0v) is 5.74. The van der Waals surface area contributed by atoms with Gasteiger partial charge in [-0.15, -0.1) is 0 Å². The minimum Gasteiger partial charge on any atom is -0.306 e. The van der Waals surface area contributed by atoms with E-state index in [4.69, 9.17) is 11.8 Å². The van der Waals surface area contributed by atoms with Crippen LogP contribution in [0.1, 0.15) is 12.8 Å². The van der Waals surface area contributed by atoms with E-state index >= 15 is 0 Å². The van der Waals surface area contributed by atoms with Crippen molar-refractivity contribution in [1.29, 1.82) is 0 Å². The third kappa shape index (κ3) is 1.56. The number of hydrogen-bond acceptors (Lipinski definition) is 2. The number of amides is 1. The van der Waals surface area contributed by atoms with Gasteiger partial charge in [-0.1, -0.05) is 0 Å². The maximum absolute atomic E-state index is 10.7. The Labute approximate surface area is 58.9 Å². The second-order valence-corrected chi connectivity index (χ2v) is 2.30. The summed E-state index contributed by atoms with van der Waals surface area (Å²) in [4.78, 5) is 12.8. The summed E-state index contributed by atoms with van der Waals surface area (Å²) in [5.74, 6) is -0.117. The van der Waals surface area contributed by atoms with E-state index < -0.39 is 0 Å². The Morgan fingerprint density at radius 2 is 2.56 bits per heavy atom. The third-order valence-electron chi connectivity index (χ3n) is 1.47. The Hall–Kier alpha value is -0.280. The van der Waals surface area contributed by atoms with Crippen molar-refractivity contribution in [2.75, 3.05) is 6.54 Å². The normalized spacial score (nSPS) is 26.1. The van der Waals surface area contributed by atoms with Gasteiger partial charge in [-0.05, 0) is 19.4 Å². The second-order valence-electron chi connectivity index (χ2n) is 2.11. The summed E-state index contributed by atoms with van der Waals surface area (Å²) in [7, 11) is 0. The minimum absolute atomic E-state index is 0.0532. The molecule has 1 saturated heterocycles. The first-order valence-electron chi connectivity index (χ1n) is 2.98. The van der Waals surface area contributed by atoms with Crippen molar-refractivity contribution in [3.05, 3.63) is 0 Å². The number of rotatable bonds is 1. The zero-order chi connectivity index (χ0) is 6.69. The van der Waals surface area contributed by atoms with Gasteiger partial charge in [0.05, 0.1) is 6.04 Å². The van der Waals surface area contributed by atoms with Crippen molar-refractivity contribution >= 4 is 17.7 Å². The molecule has 0 unspecified atom stereocenters. The molecule has 1 aliphatic heterocycles. The summed E-state index contributed by atoms with van der Waals surface area (Å²) in [6, 6.07) is -0.0532. The zero-order valence-electron chi connectivity index (χ0n) is 4.98. The predicted molar refractivity (Wildman–Crippen MR) is 35.0 cm³/mol. The van der Waals surface area contributed by atoms with Crippen molar-refractivity contribution < 1.29 is 4.79 Å². The van der Waals surface area contributed by atoms with Crippen LogP contribution in [0.3, 0.4) is 0 Å². The van der Waals surface area contributed by atoms with Crippen LogP contribution in [0.15, 0.2) is 0 Å². The Kier molecular flexibility index (Phi) is 2.30. The van der Waals surface area contributed by atoms with Crippen LogP contribution >= 0.6 is 11.8 Å². The van der Waals surface area contributed by atoms with Crippen LogP contribution in [0.2, 0.25) is 0 Å². The molecule has 1 heterocycles. The molecule has 0 aromatic rings. The summed E-state index contributed by atoms with van der Waals surface area (Å²) < 4.78 is 0. The molecule has 52 valence electrons. The lowest BCUT2D eigenvalue weighted by Crippen LogP contribution is -2.36. The van der Waals surface area contributed by atoms with Crippen LogP contribution in [0.25, 0.3) is 0 Å². The molecule has 0 aromatic carbocycles. The van der Waals surface area contributed by atoms with Crippen molar-refractivity contribution in [2.24, 2.45) is 0 Å². The van der Waals surface area contributed by atoms with Gasteiger partial charge in [-0.3, -0.25) is 9.63 Å². The second kappa shape index (κ2) is 3.03. The molecule has 0 aliphatic carbocycles. The van der Waals surface area contributed by atoms with Crippen LogP contribution in [0.4, 0.5) is 0 Å². The molecule has 0 bridgehead atoms. The number of hydrogen-bond donors (Lipinski definition) is 2. The van der Waals surface area contributed by atoms with Crippen molar-refractivity contribution in [2.45, 2.75) is 18.9 Å². The van der Waals surface area contributed by atoms with Gasteiger partial charge in [-0.2, -0.15) is 0 Å². The molecule has 4 heteroatoms. The molecule has 2 N–H and O–H groups in total. The topological polar surface area (TPSA) is 41.1 Å². The Balaban J connectivity index is 2.32. The fourth-order valence-electron chi connectivity index (χ4n) is 0.974. The van der Waals surface area contributed by atoms with Gasteiger partial charge in [0.15, 0.2) is 0 Å². The maximum atomic E-state index is 10.7. The van der Waals surface area contributed by atoms with Crippen molar-refractivity contribution in [3.63, 3.8) is 0 Å². The molecule has 1 rings (SSSR count). The third-order valence-corrected chi connectivity index (χ3v) is 1.66. The van der Waals surface area contributed by atoms with Crippen LogP contribution in [-0.4, -0.2) is 18.5 Å². The maximum Gasteiger partial charge on any atom is 0.251 e. The molecule has 1 amide bonds. The average molecular weight is 149 g/mol. The highest BCUT2D eigenvalue weighted by Crippen LogP contribution is 2.04. The van der Waals surface area contributed by atoms with Gasteiger partial charge < -0.3 is 5.32 Å². The van der Waals surface area contributed by atoms with E-state index in [0.717, 1.165) is 19.4 Å². The van der Waals surface area contributed by atoms with E-state index in [1.165, 1.54) is 0 Å². The number of nitrogens with one attached hydrogen (secondary N) is 2. The molecule has 1 fully saturated rings. The van der Waals surface area contributed by atoms with E-state index in [1.807, 2.05) is 0 Å². The molecular formula is C5H9ClN2O. The summed E-state index contributed by atoms with van der Waals surface area (Å²) in [5.41, 5.74) is 0. The molecule has 1 atom stereocenters. The average Bonchev–Trinajstić information content (AvgIpc) is 2.37. The molecule has 0 saturated carbocycles. The minimum atomic E-state index is -0.117. The molecule has 0 radical (unpaired) electrons. The predicted octanol–water partition coefficient (Wildman–Crippen LogP) is 0.00840. The highest BCUT2D eigenvalue weighted by molar-refractivity contribution is 6.22. The number of halogens is 1. The Bertz CT molecular complexity index is 112. The molecule has 3 nitrogen and oxygen atoms in total. The lowest BCUT2D eigenvalue weighted by molar-refractivity contribution is -0.121. The molecular weight excluding hydrogens is 140 g/mol. The van der Waals surface area contributed by atoms with Gasteiger partial charge >= 0.3 is 0 Å². The van der Waals surface area contributed by atoms with Gasteiger partial charge in [-0.25, -0.2) is 0 Å².